The molecule has 12 heteroatoms. The van der Waals surface area contributed by atoms with E-state index in [1.54, 1.807) is 13.0 Å². The molecule has 0 aliphatic rings. The number of carbonyl (C=O) groups excluding carboxylic acids is 2. The molecule has 1 aromatic heterocycles. The van der Waals surface area contributed by atoms with Crippen molar-refractivity contribution in [2.24, 2.45) is 7.05 Å². The zero-order valence-corrected chi connectivity index (χ0v) is 21.2. The number of benzene rings is 2. The molecule has 2 aromatic carbocycles. The molecule has 1 heterocycles. The summed E-state index contributed by atoms with van der Waals surface area (Å²) >= 11 is 3.27. The van der Waals surface area contributed by atoms with Crippen molar-refractivity contribution in [2.45, 2.75) is 18.9 Å². The number of sulfone groups is 1. The minimum absolute atomic E-state index is 0.00751. The van der Waals surface area contributed by atoms with Gasteiger partial charge in [0.25, 0.3) is 0 Å². The number of halogens is 4. The summed E-state index contributed by atoms with van der Waals surface area (Å²) in [6.45, 7) is 1.01. The van der Waals surface area contributed by atoms with Crippen LogP contribution in [0.15, 0.2) is 46.9 Å². The first-order chi connectivity index (χ1) is 16.2. The topological polar surface area (TPSA) is 95.3 Å². The summed E-state index contributed by atoms with van der Waals surface area (Å²) in [6, 6.07) is 8.31. The molecule has 0 bridgehead atoms. The molecule has 0 radical (unpaired) electrons. The third-order valence-corrected chi connectivity index (χ3v) is 6.33. The fraction of sp³-hybridized carbons (Fsp3) is 0.261. The first-order valence-electron chi connectivity index (χ1n) is 10.0. The van der Waals surface area contributed by atoms with Crippen LogP contribution in [0.2, 0.25) is 0 Å². The molecule has 0 saturated carbocycles. The summed E-state index contributed by atoms with van der Waals surface area (Å²) in [7, 11) is -1.95. The molecule has 35 heavy (non-hydrogen) atoms. The van der Waals surface area contributed by atoms with Crippen LogP contribution >= 0.6 is 15.9 Å². The van der Waals surface area contributed by atoms with Gasteiger partial charge in [-0.15, -0.1) is 0 Å². The lowest BCUT2D eigenvalue weighted by atomic mass is 9.99. The quantitative estimate of drug-likeness (QED) is 0.367. The molecule has 0 amide bonds. The Hall–Kier alpha value is -2.99. The van der Waals surface area contributed by atoms with Crippen LogP contribution in [0.4, 0.5) is 13.2 Å². The van der Waals surface area contributed by atoms with Crippen molar-refractivity contribution in [1.82, 2.24) is 9.78 Å². The minimum atomic E-state index is -4.53. The monoisotopic (exact) mass is 572 g/mol. The molecule has 3 rings (SSSR count). The second-order valence-electron chi connectivity index (χ2n) is 7.88. The highest BCUT2D eigenvalue weighted by molar-refractivity contribution is 9.10. The Morgan fingerprint density at radius 1 is 1.11 bits per heavy atom. The number of nitrogens with zero attached hydrogens (tertiary/aromatic N) is 2. The van der Waals surface area contributed by atoms with Crippen molar-refractivity contribution in [3.63, 3.8) is 0 Å². The van der Waals surface area contributed by atoms with E-state index in [0.717, 1.165) is 30.5 Å². The Bertz CT molecular complexity index is 1400. The second-order valence-corrected chi connectivity index (χ2v) is 10.9. The first kappa shape index (κ1) is 26.6. The fourth-order valence-corrected chi connectivity index (χ4v) is 4.66. The molecular formula is C23H20BrF3N2O5S. The van der Waals surface area contributed by atoms with Crippen LogP contribution in [0.25, 0.3) is 0 Å². The van der Waals surface area contributed by atoms with E-state index < -0.39 is 39.8 Å². The lowest BCUT2D eigenvalue weighted by molar-refractivity contribution is -0.137. The Morgan fingerprint density at radius 2 is 1.74 bits per heavy atom. The first-order valence-corrected chi connectivity index (χ1v) is 12.9. The van der Waals surface area contributed by atoms with Gasteiger partial charge < -0.3 is 4.74 Å². The third kappa shape index (κ3) is 6.37. The van der Waals surface area contributed by atoms with Crippen LogP contribution in [0.5, 0.6) is 5.88 Å². The van der Waals surface area contributed by atoms with E-state index in [9.17, 15) is 31.2 Å². The van der Waals surface area contributed by atoms with Crippen molar-refractivity contribution in [1.29, 1.82) is 0 Å². The number of hydrogen-bond donors (Lipinski definition) is 0. The van der Waals surface area contributed by atoms with Crippen LogP contribution in [0, 0.1) is 6.92 Å². The van der Waals surface area contributed by atoms with Gasteiger partial charge in [-0.3, -0.25) is 9.59 Å². The molecule has 0 fully saturated rings. The lowest BCUT2D eigenvalue weighted by Crippen LogP contribution is -2.16. The SMILES string of the molecule is Cc1nn(C)c(OCC(=O)c2ccc(C(F)(F)F)cc2)c1C(=O)c1ccc(Br)cc1CS(C)(=O)=O. The molecule has 0 spiro atoms. The fourth-order valence-electron chi connectivity index (χ4n) is 3.45. The predicted octanol–water partition coefficient (Wildman–Crippen LogP) is 4.55. The van der Waals surface area contributed by atoms with Crippen LogP contribution in [-0.2, 0) is 28.8 Å². The number of carbonyl (C=O) groups is 2. The van der Waals surface area contributed by atoms with Gasteiger partial charge in [0.2, 0.25) is 11.7 Å². The second kappa shape index (κ2) is 9.94. The standard InChI is InChI=1S/C23H20BrF3N2O5S/c1-13-20(21(31)18-9-8-17(24)10-15(18)12-35(3,32)33)22(29(2)28-13)34-11-19(30)14-4-6-16(7-5-14)23(25,26)27/h4-10H,11-12H2,1-3H3. The van der Waals surface area contributed by atoms with Gasteiger partial charge >= 0.3 is 6.18 Å². The van der Waals surface area contributed by atoms with Crippen molar-refractivity contribution in [2.75, 3.05) is 12.9 Å². The van der Waals surface area contributed by atoms with Gasteiger partial charge in [0.05, 0.1) is 17.0 Å². The largest absolute Gasteiger partial charge is 0.469 e. The van der Waals surface area contributed by atoms with Gasteiger partial charge in [-0.1, -0.05) is 28.1 Å². The maximum absolute atomic E-state index is 13.4. The van der Waals surface area contributed by atoms with Gasteiger partial charge in [-0.2, -0.15) is 18.3 Å². The van der Waals surface area contributed by atoms with Gasteiger partial charge in [0.15, 0.2) is 22.2 Å². The smallest absolute Gasteiger partial charge is 0.416 e. The predicted molar refractivity (Wildman–Crippen MR) is 125 cm³/mol. The summed E-state index contributed by atoms with van der Waals surface area (Å²) in [5.41, 5.74) is -0.124. The highest BCUT2D eigenvalue weighted by Gasteiger charge is 2.30. The van der Waals surface area contributed by atoms with Crippen molar-refractivity contribution in [3.05, 3.63) is 80.4 Å². The number of ketones is 2. The van der Waals surface area contributed by atoms with E-state index in [1.165, 1.54) is 23.9 Å². The van der Waals surface area contributed by atoms with Gasteiger partial charge in [-0.05, 0) is 42.8 Å². The highest BCUT2D eigenvalue weighted by Crippen LogP contribution is 2.30. The Labute approximate surface area is 207 Å². The number of hydrogen-bond acceptors (Lipinski definition) is 6. The Kier molecular flexibility index (Phi) is 7.56. The van der Waals surface area contributed by atoms with Crippen LogP contribution in [0.1, 0.15) is 43.1 Å². The summed E-state index contributed by atoms with van der Waals surface area (Å²) in [5, 5.41) is 4.18. The van der Waals surface area contributed by atoms with E-state index in [0.29, 0.717) is 10.2 Å². The Balaban J connectivity index is 1.89. The van der Waals surface area contributed by atoms with E-state index >= 15 is 0 Å². The Morgan fingerprint density at radius 3 is 2.31 bits per heavy atom. The lowest BCUT2D eigenvalue weighted by Gasteiger charge is -2.12. The molecule has 0 unspecified atom stereocenters. The van der Waals surface area contributed by atoms with Crippen molar-refractivity contribution in [3.8, 4) is 5.88 Å². The summed E-state index contributed by atoms with van der Waals surface area (Å²) in [5.74, 6) is -1.54. The molecule has 0 N–H and O–H groups in total. The zero-order valence-electron chi connectivity index (χ0n) is 18.8. The van der Waals surface area contributed by atoms with Crippen molar-refractivity contribution < 1.29 is 35.9 Å². The number of Topliss-reactive ketones (excluding diaryl/α,β-unsaturated/α-hetero) is 1. The van der Waals surface area contributed by atoms with Gasteiger partial charge in [0, 0.05) is 28.9 Å². The van der Waals surface area contributed by atoms with Gasteiger partial charge in [-0.25, -0.2) is 13.1 Å². The number of ether oxygens (including phenoxy) is 1. The van der Waals surface area contributed by atoms with Crippen LogP contribution in [-0.4, -0.2) is 42.6 Å². The minimum Gasteiger partial charge on any atom is -0.469 e. The van der Waals surface area contributed by atoms with E-state index in [4.69, 9.17) is 4.74 Å². The maximum atomic E-state index is 13.4. The molecule has 0 aliphatic carbocycles. The summed E-state index contributed by atoms with van der Waals surface area (Å²) in [6.07, 6.45) is -3.47. The molecule has 0 atom stereocenters. The third-order valence-electron chi connectivity index (χ3n) is 5.00. The number of alkyl halides is 3. The average Bonchev–Trinajstić information content (AvgIpc) is 3.02. The molecule has 7 nitrogen and oxygen atoms in total. The maximum Gasteiger partial charge on any atom is 0.416 e. The molecule has 3 aromatic rings. The normalized spacial score (nSPS) is 12.0. The molecular weight excluding hydrogens is 553 g/mol. The van der Waals surface area contributed by atoms with E-state index in [2.05, 4.69) is 21.0 Å². The summed E-state index contributed by atoms with van der Waals surface area (Å²) in [4.78, 5) is 25.9. The highest BCUT2D eigenvalue weighted by atomic mass is 79.9. The number of aromatic nitrogens is 2. The average molecular weight is 573 g/mol. The molecule has 186 valence electrons. The van der Waals surface area contributed by atoms with Crippen LogP contribution in [0.3, 0.4) is 0 Å². The molecule has 0 aliphatic heterocycles. The number of aryl methyl sites for hydroxylation is 2. The molecule has 0 saturated heterocycles. The van der Waals surface area contributed by atoms with Gasteiger partial charge in [0.1, 0.15) is 5.56 Å². The zero-order chi connectivity index (χ0) is 26.1. The van der Waals surface area contributed by atoms with Crippen LogP contribution < -0.4 is 4.74 Å². The van der Waals surface area contributed by atoms with Crippen molar-refractivity contribution >= 4 is 37.3 Å². The summed E-state index contributed by atoms with van der Waals surface area (Å²) < 4.78 is 69.5. The van der Waals surface area contributed by atoms with E-state index in [1.807, 2.05) is 0 Å². The van der Waals surface area contributed by atoms with E-state index in [-0.39, 0.29) is 33.9 Å². The number of rotatable bonds is 8.